The summed E-state index contributed by atoms with van der Waals surface area (Å²) in [5.74, 6) is 0.441. The number of rotatable bonds is 2. The van der Waals surface area contributed by atoms with Gasteiger partial charge in [-0.2, -0.15) is 0 Å². The van der Waals surface area contributed by atoms with Crippen LogP contribution in [0.4, 0.5) is 0 Å². The molecule has 3 nitrogen and oxygen atoms in total. The van der Waals surface area contributed by atoms with Gasteiger partial charge in [-0.25, -0.2) is 4.98 Å². The van der Waals surface area contributed by atoms with Crippen LogP contribution < -0.4 is 0 Å². The van der Waals surface area contributed by atoms with Gasteiger partial charge in [0.1, 0.15) is 0 Å². The second-order valence-corrected chi connectivity index (χ2v) is 8.09. The highest BCUT2D eigenvalue weighted by Crippen LogP contribution is 2.34. The zero-order valence-corrected chi connectivity index (χ0v) is 15.7. The van der Waals surface area contributed by atoms with Gasteiger partial charge in [-0.1, -0.05) is 35.3 Å². The summed E-state index contributed by atoms with van der Waals surface area (Å²) in [6.45, 7) is 1.47. The predicted octanol–water partition coefficient (Wildman–Crippen LogP) is 5.62. The fourth-order valence-corrected chi connectivity index (χ4v) is 4.64. The summed E-state index contributed by atoms with van der Waals surface area (Å²) < 4.78 is 1.23. The van der Waals surface area contributed by atoms with Gasteiger partial charge in [0.15, 0.2) is 0 Å². The van der Waals surface area contributed by atoms with Crippen molar-refractivity contribution in [1.82, 2.24) is 9.88 Å². The molecule has 1 aliphatic heterocycles. The van der Waals surface area contributed by atoms with Crippen LogP contribution in [0.5, 0.6) is 0 Å². The second-order valence-electron chi connectivity index (χ2n) is 6.22. The first kappa shape index (κ1) is 16.8. The average molecular weight is 391 g/mol. The summed E-state index contributed by atoms with van der Waals surface area (Å²) in [5, 5.41) is 2.06. The van der Waals surface area contributed by atoms with Crippen molar-refractivity contribution in [2.45, 2.75) is 18.8 Å². The molecule has 1 saturated heterocycles. The van der Waals surface area contributed by atoms with Gasteiger partial charge in [0.2, 0.25) is 0 Å². The largest absolute Gasteiger partial charge is 0.339 e. The summed E-state index contributed by atoms with van der Waals surface area (Å²) in [4.78, 5) is 19.3. The van der Waals surface area contributed by atoms with E-state index in [1.54, 1.807) is 29.5 Å². The van der Waals surface area contributed by atoms with E-state index in [0.717, 1.165) is 31.4 Å². The van der Waals surface area contributed by atoms with Crippen molar-refractivity contribution in [2.24, 2.45) is 0 Å². The van der Waals surface area contributed by atoms with Crippen molar-refractivity contribution in [3.8, 4) is 0 Å². The quantitative estimate of drug-likeness (QED) is 0.568. The highest BCUT2D eigenvalue weighted by atomic mass is 35.5. The van der Waals surface area contributed by atoms with Crippen LogP contribution >= 0.6 is 34.5 Å². The molecule has 3 aromatic rings. The Morgan fingerprint density at radius 3 is 2.56 bits per heavy atom. The molecule has 2 heterocycles. The summed E-state index contributed by atoms with van der Waals surface area (Å²) in [6.07, 6.45) is 1.87. The van der Waals surface area contributed by atoms with E-state index in [1.165, 1.54) is 9.71 Å². The Bertz CT molecular complexity index is 899. The zero-order valence-electron chi connectivity index (χ0n) is 13.4. The molecule has 0 bridgehead atoms. The Morgan fingerprint density at radius 1 is 1.08 bits per heavy atom. The number of carbonyl (C=O) groups excluding carboxylic acids is 1. The van der Waals surface area contributed by atoms with Crippen molar-refractivity contribution in [3.63, 3.8) is 0 Å². The molecule has 4 rings (SSSR count). The first-order chi connectivity index (χ1) is 12.1. The van der Waals surface area contributed by atoms with E-state index in [1.807, 2.05) is 17.0 Å². The number of nitrogens with zero attached hydrogens (tertiary/aromatic N) is 2. The van der Waals surface area contributed by atoms with E-state index < -0.39 is 0 Å². The first-order valence-corrected chi connectivity index (χ1v) is 9.79. The minimum Gasteiger partial charge on any atom is -0.339 e. The third-order valence-corrected chi connectivity index (χ3v) is 6.55. The lowest BCUT2D eigenvalue weighted by Crippen LogP contribution is -2.37. The Morgan fingerprint density at radius 2 is 1.84 bits per heavy atom. The molecule has 0 unspecified atom stereocenters. The molecule has 0 radical (unpaired) electrons. The highest BCUT2D eigenvalue weighted by Gasteiger charge is 2.26. The van der Waals surface area contributed by atoms with Crippen LogP contribution in [-0.4, -0.2) is 28.9 Å². The number of amides is 1. The number of fused-ring (bicyclic) bond motifs is 1. The van der Waals surface area contributed by atoms with E-state index in [-0.39, 0.29) is 5.91 Å². The number of thiazole rings is 1. The van der Waals surface area contributed by atoms with Gasteiger partial charge in [0, 0.05) is 24.6 Å². The summed E-state index contributed by atoms with van der Waals surface area (Å²) in [7, 11) is 0. The topological polar surface area (TPSA) is 33.2 Å². The zero-order chi connectivity index (χ0) is 17.4. The predicted molar refractivity (Wildman–Crippen MR) is 104 cm³/mol. The third-order valence-electron chi connectivity index (χ3n) is 4.61. The number of piperidine rings is 1. The van der Waals surface area contributed by atoms with E-state index >= 15 is 0 Å². The van der Waals surface area contributed by atoms with Crippen LogP contribution in [0, 0.1) is 0 Å². The number of hydrogen-bond donors (Lipinski definition) is 0. The maximum atomic E-state index is 12.7. The fraction of sp³-hybridized carbons (Fsp3) is 0.263. The number of benzene rings is 2. The Balaban J connectivity index is 1.45. The minimum atomic E-state index is 0.0151. The number of halogens is 2. The molecule has 1 amide bonds. The molecule has 1 aliphatic rings. The molecule has 1 fully saturated rings. The number of hydrogen-bond acceptors (Lipinski definition) is 3. The van der Waals surface area contributed by atoms with Gasteiger partial charge in [0.25, 0.3) is 5.91 Å². The van der Waals surface area contributed by atoms with Crippen LogP contribution in [0.15, 0.2) is 42.5 Å². The van der Waals surface area contributed by atoms with Crippen LogP contribution in [0.25, 0.3) is 10.2 Å². The molecule has 1 aromatic heterocycles. The lowest BCUT2D eigenvalue weighted by molar-refractivity contribution is 0.0713. The van der Waals surface area contributed by atoms with Crippen molar-refractivity contribution >= 4 is 50.7 Å². The molecule has 128 valence electrons. The SMILES string of the molecule is O=C(c1ccc(Cl)c(Cl)c1)N1CCC(c2nc3ccccc3s2)CC1. The molecule has 25 heavy (non-hydrogen) atoms. The molecule has 0 saturated carbocycles. The van der Waals surface area contributed by atoms with Crippen molar-refractivity contribution in [3.05, 3.63) is 63.1 Å². The van der Waals surface area contributed by atoms with Gasteiger partial charge in [-0.3, -0.25) is 4.79 Å². The van der Waals surface area contributed by atoms with Crippen LogP contribution in [0.3, 0.4) is 0 Å². The highest BCUT2D eigenvalue weighted by molar-refractivity contribution is 7.18. The fourth-order valence-electron chi connectivity index (χ4n) is 3.21. The van der Waals surface area contributed by atoms with E-state index in [0.29, 0.717) is 21.5 Å². The number of aromatic nitrogens is 1. The normalized spacial score (nSPS) is 15.7. The Kier molecular flexibility index (Phi) is 4.67. The number of likely N-dealkylation sites (tertiary alicyclic amines) is 1. The van der Waals surface area contributed by atoms with Gasteiger partial charge in [0.05, 0.1) is 25.3 Å². The van der Waals surface area contributed by atoms with Crippen molar-refractivity contribution < 1.29 is 4.79 Å². The van der Waals surface area contributed by atoms with Crippen LogP contribution in [0.1, 0.15) is 34.1 Å². The maximum Gasteiger partial charge on any atom is 0.253 e. The van der Waals surface area contributed by atoms with Gasteiger partial charge in [-0.05, 0) is 43.2 Å². The van der Waals surface area contributed by atoms with Crippen LogP contribution in [-0.2, 0) is 0 Å². The molecule has 0 aliphatic carbocycles. The lowest BCUT2D eigenvalue weighted by Gasteiger charge is -2.31. The van der Waals surface area contributed by atoms with Crippen molar-refractivity contribution in [2.75, 3.05) is 13.1 Å². The standard InChI is InChI=1S/C19H16Cl2N2OS/c20-14-6-5-13(11-15(14)21)19(24)23-9-7-12(8-10-23)18-22-16-3-1-2-4-17(16)25-18/h1-6,11-12H,7-10H2. The average Bonchev–Trinajstić information content (AvgIpc) is 3.08. The smallest absolute Gasteiger partial charge is 0.253 e. The van der Waals surface area contributed by atoms with Gasteiger partial charge < -0.3 is 4.90 Å². The van der Waals surface area contributed by atoms with E-state index in [2.05, 4.69) is 12.1 Å². The molecular formula is C19H16Cl2N2OS. The Hall–Kier alpha value is -1.62. The van der Waals surface area contributed by atoms with Gasteiger partial charge in [-0.15, -0.1) is 11.3 Å². The van der Waals surface area contributed by atoms with Crippen molar-refractivity contribution in [1.29, 1.82) is 0 Å². The molecular weight excluding hydrogens is 375 g/mol. The third kappa shape index (κ3) is 3.39. The summed E-state index contributed by atoms with van der Waals surface area (Å²) in [5.41, 5.74) is 1.66. The van der Waals surface area contributed by atoms with Gasteiger partial charge >= 0.3 is 0 Å². The van der Waals surface area contributed by atoms with E-state index in [9.17, 15) is 4.79 Å². The lowest BCUT2D eigenvalue weighted by atomic mass is 9.97. The first-order valence-electron chi connectivity index (χ1n) is 8.21. The minimum absolute atomic E-state index is 0.0151. The number of para-hydroxylation sites is 1. The van der Waals surface area contributed by atoms with Crippen LogP contribution in [0.2, 0.25) is 10.0 Å². The number of carbonyl (C=O) groups is 1. The van der Waals surface area contributed by atoms with E-state index in [4.69, 9.17) is 28.2 Å². The monoisotopic (exact) mass is 390 g/mol. The summed E-state index contributed by atoms with van der Waals surface area (Å²) in [6, 6.07) is 13.3. The Labute approximate surface area is 160 Å². The molecule has 2 aromatic carbocycles. The second kappa shape index (κ2) is 6.94. The molecule has 0 N–H and O–H groups in total. The maximum absolute atomic E-state index is 12.7. The molecule has 0 atom stereocenters. The molecule has 6 heteroatoms. The molecule has 0 spiro atoms. The summed E-state index contributed by atoms with van der Waals surface area (Å²) >= 11 is 13.7.